The Kier molecular flexibility index (Phi) is 3.87. The summed E-state index contributed by atoms with van der Waals surface area (Å²) < 4.78 is 0. The molecule has 0 amide bonds. The molecule has 1 fully saturated rings. The lowest BCUT2D eigenvalue weighted by Crippen LogP contribution is -2.30. The van der Waals surface area contributed by atoms with Crippen LogP contribution < -0.4 is 5.32 Å². The Morgan fingerprint density at radius 2 is 1.88 bits per heavy atom. The van der Waals surface area contributed by atoms with Crippen LogP contribution in [0.15, 0.2) is 6.20 Å². The van der Waals surface area contributed by atoms with Gasteiger partial charge in [-0.2, -0.15) is 0 Å². The van der Waals surface area contributed by atoms with Gasteiger partial charge in [0.25, 0.3) is 0 Å². The first-order chi connectivity index (χ1) is 8.04. The first-order valence-electron chi connectivity index (χ1n) is 6.30. The summed E-state index contributed by atoms with van der Waals surface area (Å²) in [4.78, 5) is 8.24. The van der Waals surface area contributed by atoms with Crippen LogP contribution in [0.4, 0.5) is 5.82 Å². The highest BCUT2D eigenvalue weighted by Gasteiger charge is 2.24. The van der Waals surface area contributed by atoms with E-state index in [0.29, 0.717) is 11.3 Å². The molecule has 2 atom stereocenters. The molecule has 1 aliphatic carbocycles. The van der Waals surface area contributed by atoms with Crippen molar-refractivity contribution < 1.29 is 0 Å². The lowest BCUT2D eigenvalue weighted by molar-refractivity contribution is 0.280. The fourth-order valence-electron chi connectivity index (χ4n) is 2.82. The zero-order valence-electron chi connectivity index (χ0n) is 10.7. The molecular formula is C13H20ClN3. The van der Waals surface area contributed by atoms with Crippen molar-refractivity contribution in [1.29, 1.82) is 0 Å². The van der Waals surface area contributed by atoms with Crippen LogP contribution in [0.1, 0.15) is 38.7 Å². The van der Waals surface area contributed by atoms with E-state index in [9.17, 15) is 0 Å². The molecule has 0 saturated heterocycles. The van der Waals surface area contributed by atoms with Gasteiger partial charge in [-0.05, 0) is 49.6 Å². The Labute approximate surface area is 108 Å². The Morgan fingerprint density at radius 3 is 2.53 bits per heavy atom. The molecule has 1 aromatic rings. The van der Waals surface area contributed by atoms with E-state index in [1.54, 1.807) is 6.20 Å². The van der Waals surface area contributed by atoms with Crippen molar-refractivity contribution in [3.63, 3.8) is 0 Å². The number of anilines is 1. The third-order valence-corrected chi connectivity index (χ3v) is 3.64. The van der Waals surface area contributed by atoms with Gasteiger partial charge in [0.15, 0.2) is 0 Å². The molecule has 1 heterocycles. The number of hydrogen-bond acceptors (Lipinski definition) is 3. The van der Waals surface area contributed by atoms with Gasteiger partial charge in [0, 0.05) is 17.8 Å². The monoisotopic (exact) mass is 253 g/mol. The molecule has 4 heteroatoms. The molecule has 2 rings (SSSR count). The van der Waals surface area contributed by atoms with Crippen molar-refractivity contribution in [3.8, 4) is 0 Å². The summed E-state index contributed by atoms with van der Waals surface area (Å²) in [5.41, 5.74) is 1.06. The minimum absolute atomic E-state index is 0.315. The zero-order valence-corrected chi connectivity index (χ0v) is 11.5. The maximum atomic E-state index is 5.83. The highest BCUT2D eigenvalue weighted by Crippen LogP contribution is 2.30. The fourth-order valence-corrected chi connectivity index (χ4v) is 2.96. The van der Waals surface area contributed by atoms with Crippen molar-refractivity contribution in [2.75, 3.05) is 5.32 Å². The molecule has 0 bridgehead atoms. The lowest BCUT2D eigenvalue weighted by atomic mass is 9.80. The predicted octanol–water partition coefficient (Wildman–Crippen LogP) is 3.68. The van der Waals surface area contributed by atoms with Crippen LogP contribution >= 0.6 is 11.6 Å². The molecule has 3 nitrogen and oxygen atoms in total. The molecule has 17 heavy (non-hydrogen) atoms. The van der Waals surface area contributed by atoms with Crippen molar-refractivity contribution in [3.05, 3.63) is 17.0 Å². The van der Waals surface area contributed by atoms with E-state index < -0.39 is 0 Å². The van der Waals surface area contributed by atoms with E-state index in [1.807, 2.05) is 6.92 Å². The summed E-state index contributed by atoms with van der Waals surface area (Å²) in [6, 6.07) is 0.512. The number of nitrogens with one attached hydrogen (secondary N) is 1. The van der Waals surface area contributed by atoms with Crippen LogP contribution in [0, 0.1) is 18.8 Å². The van der Waals surface area contributed by atoms with E-state index in [1.165, 1.54) is 19.3 Å². The Morgan fingerprint density at radius 1 is 1.24 bits per heavy atom. The van der Waals surface area contributed by atoms with E-state index in [-0.39, 0.29) is 0 Å². The Bertz CT molecular complexity index is 384. The highest BCUT2D eigenvalue weighted by atomic mass is 35.5. The Hall–Kier alpha value is -0.830. The molecule has 1 aromatic heterocycles. The van der Waals surface area contributed by atoms with Crippen LogP contribution in [-0.2, 0) is 0 Å². The van der Waals surface area contributed by atoms with E-state index in [2.05, 4.69) is 29.1 Å². The maximum Gasteiger partial charge on any atom is 0.224 e. The van der Waals surface area contributed by atoms with Gasteiger partial charge in [-0.1, -0.05) is 13.8 Å². The molecule has 1 saturated carbocycles. The van der Waals surface area contributed by atoms with Crippen LogP contribution in [0.3, 0.4) is 0 Å². The number of halogens is 1. The maximum absolute atomic E-state index is 5.83. The van der Waals surface area contributed by atoms with Gasteiger partial charge < -0.3 is 5.32 Å². The average molecular weight is 254 g/mol. The second kappa shape index (κ2) is 5.21. The van der Waals surface area contributed by atoms with Crippen molar-refractivity contribution >= 4 is 17.4 Å². The third-order valence-electron chi connectivity index (χ3n) is 3.46. The van der Waals surface area contributed by atoms with E-state index >= 15 is 0 Å². The molecular weight excluding hydrogens is 234 g/mol. The standard InChI is InChI=1S/C13H20ClN3/c1-8-4-9(2)6-11(5-8)16-12-10(3)7-15-13(14)17-12/h7-9,11H,4-6H2,1-3H3,(H,15,16,17). The minimum Gasteiger partial charge on any atom is -0.367 e. The van der Waals surface area contributed by atoms with Crippen LogP contribution in [0.2, 0.25) is 5.28 Å². The number of hydrogen-bond donors (Lipinski definition) is 1. The van der Waals surface area contributed by atoms with Gasteiger partial charge >= 0.3 is 0 Å². The molecule has 0 spiro atoms. The lowest BCUT2D eigenvalue weighted by Gasteiger charge is -2.32. The van der Waals surface area contributed by atoms with E-state index in [0.717, 1.165) is 23.2 Å². The molecule has 1 N–H and O–H groups in total. The molecule has 1 aliphatic rings. The predicted molar refractivity (Wildman–Crippen MR) is 71.4 cm³/mol. The minimum atomic E-state index is 0.315. The largest absolute Gasteiger partial charge is 0.367 e. The van der Waals surface area contributed by atoms with Crippen molar-refractivity contribution in [2.45, 2.75) is 46.1 Å². The second-order valence-corrected chi connectivity index (χ2v) is 5.77. The Balaban J connectivity index is 2.07. The number of aromatic nitrogens is 2. The van der Waals surface area contributed by atoms with Gasteiger partial charge in [-0.25, -0.2) is 9.97 Å². The van der Waals surface area contributed by atoms with Crippen molar-refractivity contribution in [2.24, 2.45) is 11.8 Å². The summed E-state index contributed by atoms with van der Waals surface area (Å²) >= 11 is 5.83. The topological polar surface area (TPSA) is 37.8 Å². The van der Waals surface area contributed by atoms with Gasteiger partial charge in [0.05, 0.1) is 0 Å². The van der Waals surface area contributed by atoms with Crippen LogP contribution in [-0.4, -0.2) is 16.0 Å². The van der Waals surface area contributed by atoms with Crippen LogP contribution in [0.25, 0.3) is 0 Å². The quantitative estimate of drug-likeness (QED) is 0.818. The smallest absolute Gasteiger partial charge is 0.224 e. The summed E-state index contributed by atoms with van der Waals surface area (Å²) in [5.74, 6) is 2.46. The molecule has 94 valence electrons. The first-order valence-corrected chi connectivity index (χ1v) is 6.68. The normalized spacial score (nSPS) is 29.1. The third kappa shape index (κ3) is 3.32. The second-order valence-electron chi connectivity index (χ2n) is 5.43. The summed E-state index contributed by atoms with van der Waals surface area (Å²) in [5, 5.41) is 3.83. The van der Waals surface area contributed by atoms with Gasteiger partial charge in [-0.15, -0.1) is 0 Å². The summed E-state index contributed by atoms with van der Waals surface area (Å²) in [6.07, 6.45) is 5.53. The highest BCUT2D eigenvalue weighted by molar-refractivity contribution is 6.28. The molecule has 0 aliphatic heterocycles. The number of rotatable bonds is 2. The fraction of sp³-hybridized carbons (Fsp3) is 0.692. The van der Waals surface area contributed by atoms with Crippen molar-refractivity contribution in [1.82, 2.24) is 9.97 Å². The number of aryl methyl sites for hydroxylation is 1. The molecule has 0 aromatic carbocycles. The average Bonchev–Trinajstić information content (AvgIpc) is 2.22. The van der Waals surface area contributed by atoms with Crippen LogP contribution in [0.5, 0.6) is 0 Å². The SMILES string of the molecule is Cc1cnc(Cl)nc1NC1CC(C)CC(C)C1. The number of nitrogens with zero attached hydrogens (tertiary/aromatic N) is 2. The molecule has 0 radical (unpaired) electrons. The van der Waals surface area contributed by atoms with Gasteiger partial charge in [0.1, 0.15) is 5.82 Å². The first kappa shape index (κ1) is 12.6. The summed E-state index contributed by atoms with van der Waals surface area (Å²) in [7, 11) is 0. The van der Waals surface area contributed by atoms with E-state index in [4.69, 9.17) is 11.6 Å². The summed E-state index contributed by atoms with van der Waals surface area (Å²) in [6.45, 7) is 6.66. The zero-order chi connectivity index (χ0) is 12.4. The van der Waals surface area contributed by atoms with Gasteiger partial charge in [0.2, 0.25) is 5.28 Å². The van der Waals surface area contributed by atoms with Gasteiger partial charge in [-0.3, -0.25) is 0 Å². The molecule has 2 unspecified atom stereocenters.